The van der Waals surface area contributed by atoms with Crippen molar-refractivity contribution in [3.8, 4) is 5.75 Å². The summed E-state index contributed by atoms with van der Waals surface area (Å²) < 4.78 is 0. The molecule has 0 aliphatic heterocycles. The molecule has 0 aliphatic carbocycles. The highest BCUT2D eigenvalue weighted by Crippen LogP contribution is 2.25. The Balaban J connectivity index is 2.27. The largest absolute Gasteiger partial charge is 0.508 e. The fourth-order valence-electron chi connectivity index (χ4n) is 2.44. The van der Waals surface area contributed by atoms with Crippen molar-refractivity contribution >= 4 is 11.6 Å². The molecule has 0 saturated carbocycles. The van der Waals surface area contributed by atoms with E-state index in [4.69, 9.17) is 0 Å². The van der Waals surface area contributed by atoms with E-state index in [1.165, 1.54) is 0 Å². The molecule has 21 heavy (non-hydrogen) atoms. The number of amides is 1. The van der Waals surface area contributed by atoms with Gasteiger partial charge in [0.25, 0.3) is 0 Å². The Morgan fingerprint density at radius 3 is 2.48 bits per heavy atom. The predicted octanol–water partition coefficient (Wildman–Crippen LogP) is 3.60. The first kappa shape index (κ1) is 15.1. The van der Waals surface area contributed by atoms with Gasteiger partial charge in [0, 0.05) is 12.6 Å². The van der Waals surface area contributed by atoms with Crippen molar-refractivity contribution in [2.45, 2.75) is 27.2 Å². The molecule has 3 nitrogen and oxygen atoms in total. The number of hydrogen-bond donors (Lipinski definition) is 1. The van der Waals surface area contributed by atoms with Gasteiger partial charge in [-0.15, -0.1) is 0 Å². The molecular weight excluding hydrogens is 262 g/mol. The SMILES string of the molecule is CCN(C(=O)Cc1ccccc1C)c1cc(O)ccc1C. The van der Waals surface area contributed by atoms with Gasteiger partial charge in [0.05, 0.1) is 12.1 Å². The second kappa shape index (κ2) is 6.44. The van der Waals surface area contributed by atoms with E-state index in [-0.39, 0.29) is 11.7 Å². The van der Waals surface area contributed by atoms with Crippen LogP contribution in [0.5, 0.6) is 5.75 Å². The molecule has 0 aromatic heterocycles. The Labute approximate surface area is 125 Å². The molecule has 2 rings (SSSR count). The monoisotopic (exact) mass is 283 g/mol. The molecule has 0 radical (unpaired) electrons. The zero-order valence-corrected chi connectivity index (χ0v) is 12.8. The van der Waals surface area contributed by atoms with Gasteiger partial charge in [0.15, 0.2) is 0 Å². The summed E-state index contributed by atoms with van der Waals surface area (Å²) in [5.74, 6) is 0.221. The summed E-state index contributed by atoms with van der Waals surface area (Å²) in [6.45, 7) is 6.48. The van der Waals surface area contributed by atoms with Crippen molar-refractivity contribution in [3.05, 3.63) is 59.2 Å². The summed E-state index contributed by atoms with van der Waals surface area (Å²) in [6.07, 6.45) is 0.371. The zero-order chi connectivity index (χ0) is 15.4. The second-order valence-corrected chi connectivity index (χ2v) is 5.21. The molecule has 0 unspecified atom stereocenters. The lowest BCUT2D eigenvalue weighted by atomic mass is 10.0. The van der Waals surface area contributed by atoms with Gasteiger partial charge in [0.1, 0.15) is 5.75 Å². The molecule has 0 aliphatic rings. The number of aryl methyl sites for hydroxylation is 2. The molecule has 2 aromatic carbocycles. The van der Waals surface area contributed by atoms with Crippen LogP contribution >= 0.6 is 0 Å². The topological polar surface area (TPSA) is 40.5 Å². The summed E-state index contributed by atoms with van der Waals surface area (Å²) in [4.78, 5) is 14.3. The Kier molecular flexibility index (Phi) is 4.63. The molecule has 3 heteroatoms. The Morgan fingerprint density at radius 2 is 1.81 bits per heavy atom. The summed E-state index contributed by atoms with van der Waals surface area (Å²) in [7, 11) is 0. The number of benzene rings is 2. The van der Waals surface area contributed by atoms with E-state index in [1.807, 2.05) is 51.1 Å². The van der Waals surface area contributed by atoms with Gasteiger partial charge in [-0.05, 0) is 43.5 Å². The molecule has 0 saturated heterocycles. The van der Waals surface area contributed by atoms with Crippen LogP contribution in [-0.4, -0.2) is 17.6 Å². The van der Waals surface area contributed by atoms with Crippen molar-refractivity contribution in [2.24, 2.45) is 0 Å². The number of phenols is 1. The lowest BCUT2D eigenvalue weighted by Gasteiger charge is -2.23. The van der Waals surface area contributed by atoms with Crippen molar-refractivity contribution in [3.63, 3.8) is 0 Å². The maximum Gasteiger partial charge on any atom is 0.231 e. The number of carbonyl (C=O) groups excluding carboxylic acids is 1. The van der Waals surface area contributed by atoms with E-state index in [0.29, 0.717) is 13.0 Å². The fourth-order valence-corrected chi connectivity index (χ4v) is 2.44. The molecular formula is C18H21NO2. The lowest BCUT2D eigenvalue weighted by molar-refractivity contribution is -0.117. The first-order chi connectivity index (χ1) is 10.0. The third-order valence-electron chi connectivity index (χ3n) is 3.70. The molecule has 110 valence electrons. The Hall–Kier alpha value is -2.29. The highest BCUT2D eigenvalue weighted by atomic mass is 16.3. The summed E-state index contributed by atoms with van der Waals surface area (Å²) >= 11 is 0. The average Bonchev–Trinajstić information content (AvgIpc) is 2.46. The van der Waals surface area contributed by atoms with Gasteiger partial charge >= 0.3 is 0 Å². The number of likely N-dealkylation sites (N-methyl/N-ethyl adjacent to an activating group) is 1. The van der Waals surface area contributed by atoms with Crippen molar-refractivity contribution in [1.82, 2.24) is 0 Å². The molecule has 1 N–H and O–H groups in total. The van der Waals surface area contributed by atoms with E-state index >= 15 is 0 Å². The first-order valence-electron chi connectivity index (χ1n) is 7.17. The number of aromatic hydroxyl groups is 1. The van der Waals surface area contributed by atoms with Gasteiger partial charge in [-0.2, -0.15) is 0 Å². The van der Waals surface area contributed by atoms with Crippen LogP contribution in [-0.2, 0) is 11.2 Å². The smallest absolute Gasteiger partial charge is 0.231 e. The second-order valence-electron chi connectivity index (χ2n) is 5.21. The van der Waals surface area contributed by atoms with Crippen LogP contribution in [0.15, 0.2) is 42.5 Å². The van der Waals surface area contributed by atoms with Gasteiger partial charge in [-0.3, -0.25) is 4.79 Å². The number of carbonyl (C=O) groups is 1. The van der Waals surface area contributed by atoms with E-state index in [0.717, 1.165) is 22.4 Å². The summed E-state index contributed by atoms with van der Waals surface area (Å²) in [6, 6.07) is 13.0. The van der Waals surface area contributed by atoms with Crippen LogP contribution in [0.2, 0.25) is 0 Å². The standard InChI is InChI=1S/C18H21NO2/c1-4-19(17-12-16(20)10-9-14(17)3)18(21)11-15-8-6-5-7-13(15)2/h5-10,12,20H,4,11H2,1-3H3. The average molecular weight is 283 g/mol. The van der Waals surface area contributed by atoms with Gasteiger partial charge in [-0.25, -0.2) is 0 Å². The maximum atomic E-state index is 12.6. The van der Waals surface area contributed by atoms with Crippen LogP contribution in [0.4, 0.5) is 5.69 Å². The molecule has 0 fully saturated rings. The minimum atomic E-state index is 0.0421. The van der Waals surface area contributed by atoms with E-state index < -0.39 is 0 Å². The highest BCUT2D eigenvalue weighted by molar-refractivity contribution is 5.95. The van der Waals surface area contributed by atoms with Gasteiger partial charge < -0.3 is 10.0 Å². The van der Waals surface area contributed by atoms with Crippen LogP contribution in [0.1, 0.15) is 23.6 Å². The lowest BCUT2D eigenvalue weighted by Crippen LogP contribution is -2.32. The predicted molar refractivity (Wildman–Crippen MR) is 85.8 cm³/mol. The number of phenolic OH excluding ortho intramolecular Hbond substituents is 1. The van der Waals surface area contributed by atoms with E-state index in [1.54, 1.807) is 17.0 Å². The Bertz CT molecular complexity index is 649. The highest BCUT2D eigenvalue weighted by Gasteiger charge is 2.17. The number of hydrogen-bond acceptors (Lipinski definition) is 2. The molecule has 0 heterocycles. The third kappa shape index (κ3) is 3.43. The van der Waals surface area contributed by atoms with E-state index in [2.05, 4.69) is 0 Å². The van der Waals surface area contributed by atoms with Crippen LogP contribution in [0.3, 0.4) is 0 Å². The Morgan fingerprint density at radius 1 is 1.10 bits per heavy atom. The molecule has 2 aromatic rings. The minimum Gasteiger partial charge on any atom is -0.508 e. The zero-order valence-electron chi connectivity index (χ0n) is 12.8. The van der Waals surface area contributed by atoms with Crippen LogP contribution in [0, 0.1) is 13.8 Å². The van der Waals surface area contributed by atoms with Crippen molar-refractivity contribution in [1.29, 1.82) is 0 Å². The number of nitrogens with zero attached hydrogens (tertiary/aromatic N) is 1. The third-order valence-corrected chi connectivity index (χ3v) is 3.70. The molecule has 0 bridgehead atoms. The van der Waals surface area contributed by atoms with E-state index in [9.17, 15) is 9.90 Å². The van der Waals surface area contributed by atoms with Crippen molar-refractivity contribution in [2.75, 3.05) is 11.4 Å². The van der Waals surface area contributed by atoms with Gasteiger partial charge in [0.2, 0.25) is 5.91 Å². The first-order valence-corrected chi connectivity index (χ1v) is 7.17. The number of rotatable bonds is 4. The normalized spacial score (nSPS) is 10.4. The van der Waals surface area contributed by atoms with Gasteiger partial charge in [-0.1, -0.05) is 30.3 Å². The van der Waals surface area contributed by atoms with Crippen molar-refractivity contribution < 1.29 is 9.90 Å². The summed E-state index contributed by atoms with van der Waals surface area (Å²) in [5, 5.41) is 9.66. The quantitative estimate of drug-likeness (QED) is 0.931. The summed E-state index contributed by atoms with van der Waals surface area (Å²) in [5.41, 5.74) is 3.91. The van der Waals surface area contributed by atoms with Crippen LogP contribution < -0.4 is 4.90 Å². The number of anilines is 1. The molecule has 0 atom stereocenters. The van der Waals surface area contributed by atoms with Crippen LogP contribution in [0.25, 0.3) is 0 Å². The fraction of sp³-hybridized carbons (Fsp3) is 0.278. The molecule has 1 amide bonds. The minimum absolute atomic E-state index is 0.0421. The molecule has 0 spiro atoms. The maximum absolute atomic E-state index is 12.6.